The summed E-state index contributed by atoms with van der Waals surface area (Å²) in [5, 5.41) is 22.3. The predicted molar refractivity (Wildman–Crippen MR) is 126 cm³/mol. The summed E-state index contributed by atoms with van der Waals surface area (Å²) in [5.74, 6) is 0.303. The number of H-pyrrole nitrogens is 1. The number of anilines is 3. The van der Waals surface area contributed by atoms with Gasteiger partial charge in [0.15, 0.2) is 0 Å². The molecule has 4 rings (SSSR count). The van der Waals surface area contributed by atoms with Crippen LogP contribution in [-0.4, -0.2) is 46.3 Å². The molecule has 1 aromatic carbocycles. The van der Waals surface area contributed by atoms with Gasteiger partial charge < -0.3 is 20.3 Å². The third-order valence-electron chi connectivity index (χ3n) is 5.89. The van der Waals surface area contributed by atoms with Gasteiger partial charge in [0.2, 0.25) is 5.88 Å². The lowest BCUT2D eigenvalue weighted by Gasteiger charge is -2.42. The Morgan fingerprint density at radius 1 is 1.24 bits per heavy atom. The lowest BCUT2D eigenvalue weighted by atomic mass is 9.84. The van der Waals surface area contributed by atoms with E-state index in [0.717, 1.165) is 5.69 Å². The molecule has 0 atom stereocenters. The van der Waals surface area contributed by atoms with E-state index in [1.54, 1.807) is 18.3 Å². The van der Waals surface area contributed by atoms with Crippen LogP contribution in [0, 0.1) is 17.1 Å². The number of ether oxygens (including phenoxy) is 1. The summed E-state index contributed by atoms with van der Waals surface area (Å²) in [4.78, 5) is 19.7. The molecule has 176 valence electrons. The SMILES string of the molecule is CCOc1ccc(N2CCC(CC#N)(NC(=O)c3cn[nH]c3Nc3ccc(F)cc3)CC2)cn1. The normalized spacial score (nSPS) is 14.8. The van der Waals surface area contributed by atoms with Crippen LogP contribution in [0.15, 0.2) is 48.8 Å². The highest BCUT2D eigenvalue weighted by Gasteiger charge is 2.37. The molecule has 0 radical (unpaired) electrons. The summed E-state index contributed by atoms with van der Waals surface area (Å²) in [6.45, 7) is 3.81. The molecule has 0 unspecified atom stereocenters. The number of halogens is 1. The molecule has 0 spiro atoms. The van der Waals surface area contributed by atoms with Crippen molar-refractivity contribution in [2.24, 2.45) is 0 Å². The third kappa shape index (κ3) is 5.26. The molecule has 0 aliphatic carbocycles. The summed E-state index contributed by atoms with van der Waals surface area (Å²) in [6.07, 6.45) is 4.63. The van der Waals surface area contributed by atoms with Gasteiger partial charge in [0.05, 0.1) is 42.7 Å². The molecule has 9 nitrogen and oxygen atoms in total. The van der Waals surface area contributed by atoms with Crippen LogP contribution in [0.3, 0.4) is 0 Å². The summed E-state index contributed by atoms with van der Waals surface area (Å²) < 4.78 is 18.6. The van der Waals surface area contributed by atoms with Gasteiger partial charge in [-0.2, -0.15) is 10.4 Å². The Morgan fingerprint density at radius 2 is 2.00 bits per heavy atom. The first kappa shape index (κ1) is 23.0. The number of amides is 1. The number of piperidine rings is 1. The van der Waals surface area contributed by atoms with E-state index in [4.69, 9.17) is 4.74 Å². The molecule has 1 aliphatic heterocycles. The third-order valence-corrected chi connectivity index (χ3v) is 5.89. The van der Waals surface area contributed by atoms with Gasteiger partial charge in [0.1, 0.15) is 17.2 Å². The largest absolute Gasteiger partial charge is 0.478 e. The van der Waals surface area contributed by atoms with E-state index in [-0.39, 0.29) is 18.1 Å². The molecule has 3 N–H and O–H groups in total. The molecule has 3 heterocycles. The standard InChI is InChI=1S/C24H26FN7O2/c1-2-34-21-8-7-19(15-27-21)32-13-10-24(9-12-26,11-14-32)30-23(33)20-16-28-31-22(20)29-18-5-3-17(25)4-6-18/h3-8,15-16H,2,9-11,13-14H2,1H3,(H,30,33)(H2,28,29,31). The second-order valence-electron chi connectivity index (χ2n) is 8.13. The summed E-state index contributed by atoms with van der Waals surface area (Å²) in [6, 6.07) is 11.8. The van der Waals surface area contributed by atoms with Crippen LogP contribution in [0.4, 0.5) is 21.6 Å². The number of nitrogens with zero attached hydrogens (tertiary/aromatic N) is 4. The van der Waals surface area contributed by atoms with E-state index in [2.05, 4.69) is 36.8 Å². The van der Waals surface area contributed by atoms with Gasteiger partial charge in [-0.1, -0.05) is 0 Å². The number of hydrogen-bond donors (Lipinski definition) is 3. The fourth-order valence-electron chi connectivity index (χ4n) is 4.02. The monoisotopic (exact) mass is 463 g/mol. The Bertz CT molecular complexity index is 1150. The lowest BCUT2D eigenvalue weighted by Crippen LogP contribution is -2.55. The van der Waals surface area contributed by atoms with E-state index >= 15 is 0 Å². The van der Waals surface area contributed by atoms with E-state index in [0.29, 0.717) is 55.5 Å². The smallest absolute Gasteiger partial charge is 0.257 e. The molecule has 1 fully saturated rings. The first-order valence-electron chi connectivity index (χ1n) is 11.1. The molecule has 1 saturated heterocycles. The highest BCUT2D eigenvalue weighted by Crippen LogP contribution is 2.30. The van der Waals surface area contributed by atoms with Gasteiger partial charge in [-0.25, -0.2) is 9.37 Å². The minimum Gasteiger partial charge on any atom is -0.478 e. The van der Waals surface area contributed by atoms with E-state index in [1.165, 1.54) is 18.3 Å². The topological polar surface area (TPSA) is 119 Å². The molecular formula is C24H26FN7O2. The van der Waals surface area contributed by atoms with Crippen molar-refractivity contribution in [1.29, 1.82) is 5.26 Å². The molecule has 2 aromatic heterocycles. The van der Waals surface area contributed by atoms with Gasteiger partial charge >= 0.3 is 0 Å². The zero-order valence-corrected chi connectivity index (χ0v) is 18.8. The molecule has 0 saturated carbocycles. The molecule has 0 bridgehead atoms. The Balaban J connectivity index is 1.43. The minimum atomic E-state index is -0.647. The van der Waals surface area contributed by atoms with Crippen LogP contribution in [0.25, 0.3) is 0 Å². The number of aromatic amines is 1. The predicted octanol–water partition coefficient (Wildman–Crippen LogP) is 3.77. The second kappa shape index (κ2) is 10.2. The molecule has 1 amide bonds. The fourth-order valence-corrected chi connectivity index (χ4v) is 4.02. The number of pyridine rings is 1. The van der Waals surface area contributed by atoms with Gasteiger partial charge in [-0.15, -0.1) is 0 Å². The van der Waals surface area contributed by atoms with Crippen LogP contribution in [0.5, 0.6) is 5.88 Å². The quantitative estimate of drug-likeness (QED) is 0.465. The molecule has 3 aromatic rings. The van der Waals surface area contributed by atoms with Crippen LogP contribution in [0.1, 0.15) is 36.5 Å². The first-order valence-corrected chi connectivity index (χ1v) is 11.1. The Kier molecular flexibility index (Phi) is 6.92. The van der Waals surface area contributed by atoms with E-state index in [9.17, 15) is 14.4 Å². The molecule has 34 heavy (non-hydrogen) atoms. The zero-order chi connectivity index (χ0) is 24.0. The van der Waals surface area contributed by atoms with Crippen molar-refractivity contribution in [3.63, 3.8) is 0 Å². The summed E-state index contributed by atoms with van der Waals surface area (Å²) >= 11 is 0. The van der Waals surface area contributed by atoms with Crippen LogP contribution in [-0.2, 0) is 0 Å². The van der Waals surface area contributed by atoms with Gasteiger partial charge in [-0.05, 0) is 50.1 Å². The van der Waals surface area contributed by atoms with E-state index < -0.39 is 5.54 Å². The van der Waals surface area contributed by atoms with Crippen molar-refractivity contribution < 1.29 is 13.9 Å². The number of nitriles is 1. The van der Waals surface area contributed by atoms with Crippen LogP contribution in [0.2, 0.25) is 0 Å². The van der Waals surface area contributed by atoms with Crippen LogP contribution >= 0.6 is 0 Å². The maximum atomic E-state index is 13.2. The van der Waals surface area contributed by atoms with Crippen molar-refractivity contribution >= 4 is 23.1 Å². The Morgan fingerprint density at radius 3 is 2.65 bits per heavy atom. The van der Waals surface area contributed by atoms with E-state index in [1.807, 2.05) is 19.1 Å². The highest BCUT2D eigenvalue weighted by molar-refractivity contribution is 5.99. The molecular weight excluding hydrogens is 437 g/mol. The van der Waals surface area contributed by atoms with Gasteiger partial charge in [-0.3, -0.25) is 9.89 Å². The average molecular weight is 464 g/mol. The number of nitrogens with one attached hydrogen (secondary N) is 3. The van der Waals surface area contributed by atoms with Crippen molar-refractivity contribution in [1.82, 2.24) is 20.5 Å². The fraction of sp³-hybridized carbons (Fsp3) is 0.333. The highest BCUT2D eigenvalue weighted by atomic mass is 19.1. The minimum absolute atomic E-state index is 0.201. The summed E-state index contributed by atoms with van der Waals surface area (Å²) in [5.41, 5.74) is 1.26. The number of carbonyl (C=O) groups is 1. The van der Waals surface area contributed by atoms with Gasteiger partial charge in [0.25, 0.3) is 5.91 Å². The number of rotatable bonds is 8. The van der Waals surface area contributed by atoms with Crippen molar-refractivity contribution in [2.75, 3.05) is 29.9 Å². The number of hydrogen-bond acceptors (Lipinski definition) is 7. The molecule has 1 aliphatic rings. The number of aromatic nitrogens is 3. The molecule has 10 heteroatoms. The Labute approximate surface area is 196 Å². The van der Waals surface area contributed by atoms with Crippen LogP contribution < -0.4 is 20.3 Å². The van der Waals surface area contributed by atoms with Crippen molar-refractivity contribution in [3.05, 3.63) is 60.2 Å². The lowest BCUT2D eigenvalue weighted by molar-refractivity contribution is 0.0883. The summed E-state index contributed by atoms with van der Waals surface area (Å²) in [7, 11) is 0. The average Bonchev–Trinajstić information content (AvgIpc) is 3.30. The number of benzene rings is 1. The number of carbonyl (C=O) groups excluding carboxylic acids is 1. The maximum absolute atomic E-state index is 13.2. The zero-order valence-electron chi connectivity index (χ0n) is 18.8. The van der Waals surface area contributed by atoms with Crippen molar-refractivity contribution in [3.8, 4) is 11.9 Å². The Hall–Kier alpha value is -4.13. The first-order chi connectivity index (χ1) is 16.5. The van der Waals surface area contributed by atoms with Gasteiger partial charge in [0, 0.05) is 24.8 Å². The second-order valence-corrected chi connectivity index (χ2v) is 8.13. The van der Waals surface area contributed by atoms with Crippen molar-refractivity contribution in [2.45, 2.75) is 31.7 Å². The maximum Gasteiger partial charge on any atom is 0.257 e.